The second-order valence-corrected chi connectivity index (χ2v) is 4.69. The van der Waals surface area contributed by atoms with Crippen molar-refractivity contribution in [3.05, 3.63) is 12.2 Å². The van der Waals surface area contributed by atoms with Gasteiger partial charge in [0.1, 0.15) is 0 Å². The van der Waals surface area contributed by atoms with Gasteiger partial charge in [0.15, 0.2) is 5.78 Å². The van der Waals surface area contributed by atoms with Crippen LogP contribution < -0.4 is 0 Å². The van der Waals surface area contributed by atoms with Crippen LogP contribution in [0.3, 0.4) is 0 Å². The SMILES string of the molecule is C=C(C)C(=O)CC[N+](C)(C)CCCC. The van der Waals surface area contributed by atoms with Gasteiger partial charge in [-0.3, -0.25) is 4.79 Å². The predicted molar refractivity (Wildman–Crippen MR) is 61.2 cm³/mol. The quantitative estimate of drug-likeness (QED) is 0.453. The molecule has 0 bridgehead atoms. The number of nitrogens with zero attached hydrogens (tertiary/aromatic N) is 1. The van der Waals surface area contributed by atoms with Crippen molar-refractivity contribution in [3.8, 4) is 0 Å². The van der Waals surface area contributed by atoms with Crippen LogP contribution in [0.5, 0.6) is 0 Å². The monoisotopic (exact) mass is 198 g/mol. The molecule has 0 aromatic rings. The standard InChI is InChI=1S/C12H24NO/c1-6-7-9-13(4,5)10-8-12(14)11(2)3/h2,6-10H2,1,3-5H3/q+1. The maximum atomic E-state index is 11.4. The number of Topliss-reactive ketones (excluding diaryl/α,β-unsaturated/α-hetero) is 1. The van der Waals surface area contributed by atoms with Crippen LogP contribution in [0.15, 0.2) is 12.2 Å². The van der Waals surface area contributed by atoms with Crippen molar-refractivity contribution < 1.29 is 9.28 Å². The highest BCUT2D eigenvalue weighted by Gasteiger charge is 2.16. The van der Waals surface area contributed by atoms with E-state index < -0.39 is 0 Å². The van der Waals surface area contributed by atoms with E-state index in [1.165, 1.54) is 12.8 Å². The van der Waals surface area contributed by atoms with Gasteiger partial charge in [-0.2, -0.15) is 0 Å². The van der Waals surface area contributed by atoms with Crippen LogP contribution >= 0.6 is 0 Å². The zero-order valence-electron chi connectivity index (χ0n) is 10.1. The first-order valence-corrected chi connectivity index (χ1v) is 5.40. The van der Waals surface area contributed by atoms with E-state index in [-0.39, 0.29) is 5.78 Å². The second kappa shape index (κ2) is 5.97. The average Bonchev–Trinajstić information content (AvgIpc) is 2.11. The molecule has 0 fully saturated rings. The Morgan fingerprint density at radius 1 is 1.29 bits per heavy atom. The minimum absolute atomic E-state index is 0.202. The molecule has 82 valence electrons. The molecule has 0 aliphatic rings. The van der Waals surface area contributed by atoms with Crippen LogP contribution in [0.25, 0.3) is 0 Å². The molecule has 0 unspecified atom stereocenters. The fourth-order valence-electron chi connectivity index (χ4n) is 1.32. The Hall–Kier alpha value is -0.630. The fourth-order valence-corrected chi connectivity index (χ4v) is 1.32. The summed E-state index contributed by atoms with van der Waals surface area (Å²) in [6.07, 6.45) is 3.08. The highest BCUT2D eigenvalue weighted by molar-refractivity contribution is 5.94. The predicted octanol–water partition coefficient (Wildman–Crippen LogP) is 2.40. The zero-order chi connectivity index (χ0) is 11.2. The highest BCUT2D eigenvalue weighted by atomic mass is 16.1. The van der Waals surface area contributed by atoms with Crippen LogP contribution in [0.1, 0.15) is 33.1 Å². The molecule has 14 heavy (non-hydrogen) atoms. The van der Waals surface area contributed by atoms with Gasteiger partial charge < -0.3 is 4.48 Å². The maximum absolute atomic E-state index is 11.4. The molecule has 0 amide bonds. The summed E-state index contributed by atoms with van der Waals surface area (Å²) in [6, 6.07) is 0. The first-order chi connectivity index (χ1) is 6.39. The van der Waals surface area contributed by atoms with Crippen molar-refractivity contribution in [2.24, 2.45) is 0 Å². The van der Waals surface area contributed by atoms with Crippen LogP contribution in [-0.4, -0.2) is 37.5 Å². The van der Waals surface area contributed by atoms with Crippen molar-refractivity contribution in [2.75, 3.05) is 27.2 Å². The van der Waals surface area contributed by atoms with Crippen molar-refractivity contribution in [2.45, 2.75) is 33.1 Å². The molecule has 0 saturated heterocycles. The van der Waals surface area contributed by atoms with E-state index >= 15 is 0 Å². The number of rotatable bonds is 7. The number of carbonyl (C=O) groups excluding carboxylic acids is 1. The third kappa shape index (κ3) is 5.92. The number of hydrogen-bond donors (Lipinski definition) is 0. The Bertz CT molecular complexity index is 206. The summed E-state index contributed by atoms with van der Waals surface area (Å²) in [5, 5.41) is 0. The van der Waals surface area contributed by atoms with E-state index in [4.69, 9.17) is 0 Å². The number of ketones is 1. The molecule has 0 aromatic heterocycles. The molecular formula is C12H24NO+. The van der Waals surface area contributed by atoms with E-state index in [9.17, 15) is 4.79 Å². The van der Waals surface area contributed by atoms with Crippen LogP contribution in [-0.2, 0) is 4.79 Å². The summed E-state index contributed by atoms with van der Waals surface area (Å²) in [5.74, 6) is 0.202. The van der Waals surface area contributed by atoms with Gasteiger partial charge in [0.05, 0.1) is 33.6 Å². The Morgan fingerprint density at radius 2 is 1.86 bits per heavy atom. The molecule has 0 rings (SSSR count). The summed E-state index contributed by atoms with van der Waals surface area (Å²) in [4.78, 5) is 11.4. The normalized spacial score (nSPS) is 11.4. The summed E-state index contributed by atoms with van der Waals surface area (Å²) in [7, 11) is 4.36. The molecule has 0 N–H and O–H groups in total. The molecule has 2 nitrogen and oxygen atoms in total. The van der Waals surface area contributed by atoms with Gasteiger partial charge in [-0.1, -0.05) is 19.9 Å². The lowest BCUT2D eigenvalue weighted by atomic mass is 10.1. The third-order valence-corrected chi connectivity index (χ3v) is 2.54. The van der Waals surface area contributed by atoms with E-state index in [2.05, 4.69) is 27.6 Å². The topological polar surface area (TPSA) is 17.1 Å². The zero-order valence-corrected chi connectivity index (χ0v) is 10.1. The molecule has 0 heterocycles. The van der Waals surface area contributed by atoms with Crippen LogP contribution in [0.4, 0.5) is 0 Å². The minimum Gasteiger partial charge on any atom is -0.328 e. The van der Waals surface area contributed by atoms with E-state index in [0.717, 1.165) is 17.6 Å². The first kappa shape index (κ1) is 13.4. The number of unbranched alkanes of at least 4 members (excludes halogenated alkanes) is 1. The molecule has 0 atom stereocenters. The highest BCUT2D eigenvalue weighted by Crippen LogP contribution is 2.05. The average molecular weight is 198 g/mol. The van der Waals surface area contributed by atoms with Crippen molar-refractivity contribution >= 4 is 5.78 Å². The van der Waals surface area contributed by atoms with Gasteiger partial charge in [-0.25, -0.2) is 0 Å². The minimum atomic E-state index is 0.202. The number of carbonyl (C=O) groups is 1. The largest absolute Gasteiger partial charge is 0.328 e. The van der Waals surface area contributed by atoms with Gasteiger partial charge in [-0.05, 0) is 18.9 Å². The Kier molecular flexibility index (Phi) is 5.70. The number of hydrogen-bond acceptors (Lipinski definition) is 1. The Labute approximate surface area is 88.2 Å². The lowest BCUT2D eigenvalue weighted by Crippen LogP contribution is -2.42. The van der Waals surface area contributed by atoms with Gasteiger partial charge in [0.2, 0.25) is 0 Å². The van der Waals surface area contributed by atoms with Crippen molar-refractivity contribution in [1.29, 1.82) is 0 Å². The number of quaternary nitrogens is 1. The lowest BCUT2D eigenvalue weighted by Gasteiger charge is -2.29. The Morgan fingerprint density at radius 3 is 2.29 bits per heavy atom. The molecule has 0 aromatic carbocycles. The number of allylic oxidation sites excluding steroid dienone is 1. The molecule has 0 aliphatic heterocycles. The molecular weight excluding hydrogens is 174 g/mol. The summed E-state index contributed by atoms with van der Waals surface area (Å²) in [6.45, 7) is 9.72. The molecule has 0 radical (unpaired) electrons. The van der Waals surface area contributed by atoms with E-state index in [1.807, 2.05) is 0 Å². The van der Waals surface area contributed by atoms with Gasteiger partial charge in [-0.15, -0.1) is 0 Å². The van der Waals surface area contributed by atoms with E-state index in [1.54, 1.807) is 6.92 Å². The first-order valence-electron chi connectivity index (χ1n) is 5.40. The third-order valence-electron chi connectivity index (χ3n) is 2.54. The van der Waals surface area contributed by atoms with Crippen molar-refractivity contribution in [3.63, 3.8) is 0 Å². The fraction of sp³-hybridized carbons (Fsp3) is 0.750. The van der Waals surface area contributed by atoms with Gasteiger partial charge in [0, 0.05) is 0 Å². The second-order valence-electron chi connectivity index (χ2n) is 4.69. The van der Waals surface area contributed by atoms with E-state index in [0.29, 0.717) is 12.0 Å². The molecule has 0 aliphatic carbocycles. The van der Waals surface area contributed by atoms with Crippen LogP contribution in [0, 0.1) is 0 Å². The summed E-state index contributed by atoms with van der Waals surface area (Å²) >= 11 is 0. The maximum Gasteiger partial charge on any atom is 0.163 e. The van der Waals surface area contributed by atoms with Gasteiger partial charge >= 0.3 is 0 Å². The van der Waals surface area contributed by atoms with Gasteiger partial charge in [0.25, 0.3) is 0 Å². The van der Waals surface area contributed by atoms with Crippen molar-refractivity contribution in [1.82, 2.24) is 0 Å². The molecule has 0 saturated carbocycles. The van der Waals surface area contributed by atoms with Crippen LogP contribution in [0.2, 0.25) is 0 Å². The summed E-state index contributed by atoms with van der Waals surface area (Å²) < 4.78 is 0.937. The molecule has 2 heteroatoms. The Balaban J connectivity index is 3.86. The smallest absolute Gasteiger partial charge is 0.163 e. The lowest BCUT2D eigenvalue weighted by molar-refractivity contribution is -0.889. The molecule has 0 spiro atoms. The summed E-state index contributed by atoms with van der Waals surface area (Å²) in [5.41, 5.74) is 0.681.